The van der Waals surface area contributed by atoms with E-state index in [1.165, 1.54) is 6.04 Å². The summed E-state index contributed by atoms with van der Waals surface area (Å²) in [5, 5.41) is 0. The van der Waals surface area contributed by atoms with Crippen LogP contribution >= 0.6 is 0 Å². The number of nitrogens with two attached hydrogens (primary N) is 1. The summed E-state index contributed by atoms with van der Waals surface area (Å²) in [6.07, 6.45) is 1.10. The molecule has 21 heavy (non-hydrogen) atoms. The lowest BCUT2D eigenvalue weighted by molar-refractivity contribution is 0.196. The van der Waals surface area contributed by atoms with E-state index in [1.54, 1.807) is 0 Å². The minimum atomic E-state index is -2.19. The summed E-state index contributed by atoms with van der Waals surface area (Å²) in [6, 6.07) is 1.19. The molecule has 0 atom stereocenters. The van der Waals surface area contributed by atoms with Crippen LogP contribution in [0.4, 0.5) is 0 Å². The van der Waals surface area contributed by atoms with Gasteiger partial charge in [0.05, 0.1) is 0 Å². The van der Waals surface area contributed by atoms with Crippen molar-refractivity contribution in [2.75, 3.05) is 46.3 Å². The topological polar surface area (TPSA) is 45.0 Å². The molecule has 0 radical (unpaired) electrons. The molecule has 0 spiro atoms. The first-order valence-electron chi connectivity index (χ1n) is 8.64. The lowest BCUT2D eigenvalue weighted by atomic mass is 10.5. The molecule has 0 bridgehead atoms. The first kappa shape index (κ1) is 21.2. The molecule has 0 amide bonds. The molecule has 0 saturated carbocycles. The average Bonchev–Trinajstić information content (AvgIpc) is 2.52. The van der Waals surface area contributed by atoms with Gasteiger partial charge in [0.2, 0.25) is 0 Å². The molecule has 0 aliphatic carbocycles. The van der Waals surface area contributed by atoms with E-state index in [0.29, 0.717) is 0 Å². The third kappa shape index (κ3) is 5.42. The van der Waals surface area contributed by atoms with Gasteiger partial charge in [-0.05, 0) is 58.8 Å². The van der Waals surface area contributed by atoms with Crippen molar-refractivity contribution in [3.63, 3.8) is 0 Å². The Morgan fingerprint density at radius 3 is 1.71 bits per heavy atom. The van der Waals surface area contributed by atoms with Gasteiger partial charge in [0.1, 0.15) is 0 Å². The Morgan fingerprint density at radius 1 is 0.905 bits per heavy atom. The molecule has 7 heteroatoms. The summed E-state index contributed by atoms with van der Waals surface area (Å²) < 4.78 is 14.4. The van der Waals surface area contributed by atoms with Crippen LogP contribution in [0.2, 0.25) is 6.04 Å². The van der Waals surface area contributed by atoms with E-state index < -0.39 is 18.6 Å². The van der Waals surface area contributed by atoms with E-state index >= 15 is 0 Å². The predicted molar refractivity (Wildman–Crippen MR) is 98.0 cm³/mol. The van der Waals surface area contributed by atoms with Crippen LogP contribution in [-0.4, -0.2) is 78.6 Å². The lowest BCUT2D eigenvalue weighted by Gasteiger charge is -2.50. The largest absolute Gasteiger partial charge is 0.437 e. The molecule has 0 rings (SSSR count). The summed E-state index contributed by atoms with van der Waals surface area (Å²) in [5.41, 5.74) is 5.64. The van der Waals surface area contributed by atoms with Crippen molar-refractivity contribution in [3.8, 4) is 0 Å². The summed E-state index contributed by atoms with van der Waals surface area (Å²) in [7, 11) is -0.473. The van der Waals surface area contributed by atoms with Gasteiger partial charge in [-0.3, -0.25) is 13.7 Å². The summed E-state index contributed by atoms with van der Waals surface area (Å²) in [5.74, 6) is 0. The van der Waals surface area contributed by atoms with Crippen molar-refractivity contribution >= 4 is 18.6 Å². The van der Waals surface area contributed by atoms with Gasteiger partial charge in [-0.2, -0.15) is 0 Å². The molecule has 0 aromatic rings. The van der Waals surface area contributed by atoms with Crippen LogP contribution in [0, 0.1) is 0 Å². The maximum absolute atomic E-state index is 6.77. The Morgan fingerprint density at radius 2 is 1.38 bits per heavy atom. The van der Waals surface area contributed by atoms with E-state index in [-0.39, 0.29) is 0 Å². The molecular formula is C14H38N4OSi2. The van der Waals surface area contributed by atoms with Gasteiger partial charge in [0.25, 0.3) is 0 Å². The van der Waals surface area contributed by atoms with Gasteiger partial charge in [-0.15, -0.1) is 0 Å². The fourth-order valence-electron chi connectivity index (χ4n) is 2.91. The van der Waals surface area contributed by atoms with Gasteiger partial charge in [0.15, 0.2) is 9.76 Å². The number of nitrogens with zero attached hydrogens (tertiary/aromatic N) is 3. The number of rotatable bonds is 13. The van der Waals surface area contributed by atoms with Crippen molar-refractivity contribution in [1.29, 1.82) is 0 Å². The first-order valence-corrected chi connectivity index (χ1v) is 12.0. The zero-order chi connectivity index (χ0) is 16.3. The normalized spacial score (nSPS) is 13.4. The molecule has 0 heterocycles. The second-order valence-corrected chi connectivity index (χ2v) is 10.7. The van der Waals surface area contributed by atoms with Gasteiger partial charge in [-0.1, -0.05) is 34.6 Å². The van der Waals surface area contributed by atoms with Crippen LogP contribution in [0.5, 0.6) is 0 Å². The SMILES string of the molecule is CCN(C)[Si](O[SiH2]CCCN)(N(CC)CC)N(CC)CC. The van der Waals surface area contributed by atoms with Crippen LogP contribution in [-0.2, 0) is 4.12 Å². The van der Waals surface area contributed by atoms with Crippen molar-refractivity contribution in [3.05, 3.63) is 0 Å². The van der Waals surface area contributed by atoms with Gasteiger partial charge in [-0.25, -0.2) is 0 Å². The molecular weight excluding hydrogens is 296 g/mol. The van der Waals surface area contributed by atoms with E-state index in [1.807, 2.05) is 0 Å². The zero-order valence-electron chi connectivity index (χ0n) is 15.2. The van der Waals surface area contributed by atoms with Crippen molar-refractivity contribution in [2.45, 2.75) is 47.1 Å². The Hall–Kier alpha value is 0.234. The molecule has 2 N–H and O–H groups in total. The molecule has 0 saturated heterocycles. The van der Waals surface area contributed by atoms with Crippen LogP contribution < -0.4 is 5.73 Å². The maximum atomic E-state index is 6.77. The molecule has 0 aromatic heterocycles. The van der Waals surface area contributed by atoms with Crippen LogP contribution in [0.3, 0.4) is 0 Å². The lowest BCUT2D eigenvalue weighted by Crippen LogP contribution is -2.76. The third-order valence-electron chi connectivity index (χ3n) is 4.22. The highest BCUT2D eigenvalue weighted by atomic mass is 28.4. The Bertz CT molecular complexity index is 239. The van der Waals surface area contributed by atoms with Gasteiger partial charge >= 0.3 is 8.80 Å². The van der Waals surface area contributed by atoms with E-state index in [4.69, 9.17) is 9.85 Å². The van der Waals surface area contributed by atoms with Crippen molar-refractivity contribution in [2.24, 2.45) is 5.73 Å². The Kier molecular flexibility index (Phi) is 11.9. The second-order valence-electron chi connectivity index (χ2n) is 5.28. The zero-order valence-corrected chi connectivity index (χ0v) is 17.6. The van der Waals surface area contributed by atoms with Crippen molar-refractivity contribution in [1.82, 2.24) is 13.7 Å². The summed E-state index contributed by atoms with van der Waals surface area (Å²) in [4.78, 5) is 0. The number of hydrogen-bond donors (Lipinski definition) is 1. The van der Waals surface area contributed by atoms with E-state index in [9.17, 15) is 0 Å². The van der Waals surface area contributed by atoms with Crippen LogP contribution in [0.1, 0.15) is 41.0 Å². The fourth-order valence-corrected chi connectivity index (χ4v) is 10.8. The van der Waals surface area contributed by atoms with Gasteiger partial charge < -0.3 is 9.85 Å². The smallest absolute Gasteiger partial charge is 0.427 e. The molecule has 0 fully saturated rings. The Balaban J connectivity index is 5.38. The third-order valence-corrected chi connectivity index (χ3v) is 11.6. The second kappa shape index (κ2) is 11.8. The van der Waals surface area contributed by atoms with Crippen LogP contribution in [0.15, 0.2) is 0 Å². The highest BCUT2D eigenvalue weighted by molar-refractivity contribution is 6.70. The average molecular weight is 335 g/mol. The van der Waals surface area contributed by atoms with Gasteiger partial charge in [0, 0.05) is 0 Å². The first-order chi connectivity index (χ1) is 10.1. The molecule has 0 aliphatic heterocycles. The van der Waals surface area contributed by atoms with E-state index in [0.717, 1.165) is 45.7 Å². The molecule has 5 nitrogen and oxygen atoms in total. The molecule has 0 aliphatic rings. The molecule has 0 aromatic carbocycles. The predicted octanol–water partition coefficient (Wildman–Crippen LogP) is 0.925. The highest BCUT2D eigenvalue weighted by Gasteiger charge is 2.50. The monoisotopic (exact) mass is 334 g/mol. The minimum absolute atomic E-state index is 0.522. The summed E-state index contributed by atoms with van der Waals surface area (Å²) in [6.45, 7) is 17.3. The maximum Gasteiger partial charge on any atom is 0.437 e. The standard InChI is InChI=1S/C14H38N4OSi2/c1-7-16(6)21(17(8-2)9-3,18(10-4)11-5)19-20-14-12-13-15/h7-15,20H2,1-6H3. The molecule has 0 unspecified atom stereocenters. The molecule has 128 valence electrons. The van der Waals surface area contributed by atoms with Crippen LogP contribution in [0.25, 0.3) is 0 Å². The minimum Gasteiger partial charge on any atom is -0.427 e. The highest BCUT2D eigenvalue weighted by Crippen LogP contribution is 2.21. The van der Waals surface area contributed by atoms with Crippen molar-refractivity contribution < 1.29 is 4.12 Å². The fraction of sp³-hybridized carbons (Fsp3) is 1.00. The quantitative estimate of drug-likeness (QED) is 0.401. The summed E-state index contributed by atoms with van der Waals surface area (Å²) >= 11 is 0. The number of hydrogen-bond acceptors (Lipinski definition) is 5. The Labute approximate surface area is 136 Å². The van der Waals surface area contributed by atoms with E-state index in [2.05, 4.69) is 55.4 Å².